The Morgan fingerprint density at radius 2 is 2.00 bits per heavy atom. The fraction of sp³-hybridized carbons (Fsp3) is 0.533. The fourth-order valence-corrected chi connectivity index (χ4v) is 2.00. The molecule has 1 aromatic rings. The number of carbonyl (C=O) groups is 1. The Morgan fingerprint density at radius 1 is 1.33 bits per heavy atom. The number of halogens is 3. The third-order valence-electron chi connectivity index (χ3n) is 3.06. The molecule has 0 aliphatic carbocycles. The van der Waals surface area contributed by atoms with E-state index in [0.29, 0.717) is 12.1 Å². The highest BCUT2D eigenvalue weighted by Crippen LogP contribution is 2.25. The highest BCUT2D eigenvalue weighted by molar-refractivity contribution is 5.89. The van der Waals surface area contributed by atoms with Gasteiger partial charge < -0.3 is 10.6 Å². The molecule has 0 saturated heterocycles. The van der Waals surface area contributed by atoms with Gasteiger partial charge in [-0.3, -0.25) is 4.79 Å². The number of hydrogen-bond donors (Lipinski definition) is 2. The van der Waals surface area contributed by atoms with Crippen molar-refractivity contribution in [2.45, 2.75) is 52.3 Å². The smallest absolute Gasteiger partial charge is 0.382 e. The number of carbonyl (C=O) groups excluding carboxylic acids is 1. The maximum atomic E-state index is 12.1. The van der Waals surface area contributed by atoms with Gasteiger partial charge in [0.15, 0.2) is 0 Å². The maximum Gasteiger partial charge on any atom is 0.389 e. The zero-order valence-electron chi connectivity index (χ0n) is 12.5. The number of aryl methyl sites for hydroxylation is 1. The first-order valence-corrected chi connectivity index (χ1v) is 6.89. The molecule has 0 saturated carbocycles. The molecule has 0 bridgehead atoms. The van der Waals surface area contributed by atoms with Crippen molar-refractivity contribution in [1.29, 1.82) is 0 Å². The summed E-state index contributed by atoms with van der Waals surface area (Å²) in [5.41, 5.74) is 2.46. The van der Waals surface area contributed by atoms with E-state index in [-0.39, 0.29) is 18.4 Å². The molecule has 21 heavy (non-hydrogen) atoms. The Hall–Kier alpha value is -1.72. The van der Waals surface area contributed by atoms with Crippen LogP contribution in [-0.2, 0) is 4.79 Å². The number of benzene rings is 1. The predicted octanol–water partition coefficient (Wildman–Crippen LogP) is 4.49. The maximum absolute atomic E-state index is 12.1. The molecule has 3 nitrogen and oxygen atoms in total. The first-order chi connectivity index (χ1) is 9.67. The van der Waals surface area contributed by atoms with Gasteiger partial charge in [-0.25, -0.2) is 0 Å². The molecular weight excluding hydrogens is 281 g/mol. The minimum atomic E-state index is -4.10. The van der Waals surface area contributed by atoms with Crippen molar-refractivity contribution in [3.8, 4) is 0 Å². The van der Waals surface area contributed by atoms with Crippen molar-refractivity contribution in [3.05, 3.63) is 23.8 Å². The quantitative estimate of drug-likeness (QED) is 0.813. The van der Waals surface area contributed by atoms with Gasteiger partial charge in [0.1, 0.15) is 0 Å². The van der Waals surface area contributed by atoms with E-state index >= 15 is 0 Å². The van der Waals surface area contributed by atoms with Gasteiger partial charge in [-0.05, 0) is 44.4 Å². The van der Waals surface area contributed by atoms with E-state index in [1.165, 1.54) is 6.92 Å². The Morgan fingerprint density at radius 3 is 2.57 bits per heavy atom. The molecule has 0 aliphatic rings. The molecule has 0 aromatic heterocycles. The summed E-state index contributed by atoms with van der Waals surface area (Å²) in [7, 11) is 0. The van der Waals surface area contributed by atoms with E-state index in [0.717, 1.165) is 11.3 Å². The molecule has 0 radical (unpaired) electrons. The lowest BCUT2D eigenvalue weighted by Crippen LogP contribution is -2.17. The molecule has 0 heterocycles. The van der Waals surface area contributed by atoms with Crippen molar-refractivity contribution >= 4 is 17.3 Å². The summed E-state index contributed by atoms with van der Waals surface area (Å²) in [5, 5.41) is 5.87. The number of rotatable bonds is 6. The molecular formula is C15H21F3N2O. The van der Waals surface area contributed by atoms with Crippen molar-refractivity contribution in [2.24, 2.45) is 0 Å². The van der Waals surface area contributed by atoms with Crippen LogP contribution in [0.2, 0.25) is 0 Å². The lowest BCUT2D eigenvalue weighted by atomic mass is 10.1. The van der Waals surface area contributed by atoms with Crippen molar-refractivity contribution in [2.75, 3.05) is 10.6 Å². The van der Waals surface area contributed by atoms with Crippen LogP contribution in [0.15, 0.2) is 18.2 Å². The van der Waals surface area contributed by atoms with Gasteiger partial charge in [-0.1, -0.05) is 6.07 Å². The molecule has 0 aliphatic heterocycles. The second-order valence-electron chi connectivity index (χ2n) is 5.26. The van der Waals surface area contributed by atoms with E-state index in [4.69, 9.17) is 0 Å². The van der Waals surface area contributed by atoms with E-state index in [2.05, 4.69) is 10.6 Å². The standard InChI is InChI=1S/C15H21F3N2O/c1-10-6-7-13(20-12(3)21)9-14(10)19-11(2)5-4-8-15(16,17)18/h6-7,9,11,19H,4-5,8H2,1-3H3,(H,20,21). The van der Waals surface area contributed by atoms with Crippen LogP contribution in [0.5, 0.6) is 0 Å². The minimum Gasteiger partial charge on any atom is -0.382 e. The van der Waals surface area contributed by atoms with Crippen LogP contribution in [0, 0.1) is 6.92 Å². The summed E-state index contributed by atoms with van der Waals surface area (Å²) >= 11 is 0. The van der Waals surface area contributed by atoms with Crippen molar-refractivity contribution < 1.29 is 18.0 Å². The number of nitrogens with one attached hydrogen (secondary N) is 2. The van der Waals surface area contributed by atoms with Gasteiger partial charge in [0.2, 0.25) is 5.91 Å². The number of hydrogen-bond acceptors (Lipinski definition) is 2. The first kappa shape index (κ1) is 17.3. The van der Waals surface area contributed by atoms with Crippen LogP contribution in [0.25, 0.3) is 0 Å². The average Bonchev–Trinajstić information content (AvgIpc) is 2.31. The summed E-state index contributed by atoms with van der Waals surface area (Å²) in [6.07, 6.45) is -4.32. The number of anilines is 2. The third kappa shape index (κ3) is 7.02. The lowest BCUT2D eigenvalue weighted by molar-refractivity contribution is -0.135. The highest BCUT2D eigenvalue weighted by atomic mass is 19.4. The van der Waals surface area contributed by atoms with Gasteiger partial charge in [0.25, 0.3) is 0 Å². The SMILES string of the molecule is CC(=O)Nc1ccc(C)c(NC(C)CCCC(F)(F)F)c1. The highest BCUT2D eigenvalue weighted by Gasteiger charge is 2.26. The molecule has 2 N–H and O–H groups in total. The Bertz CT molecular complexity index is 486. The Labute approximate surface area is 122 Å². The van der Waals surface area contributed by atoms with Crippen LogP contribution in [-0.4, -0.2) is 18.1 Å². The summed E-state index contributed by atoms with van der Waals surface area (Å²) in [6.45, 7) is 5.18. The van der Waals surface area contributed by atoms with Crippen LogP contribution >= 0.6 is 0 Å². The zero-order valence-corrected chi connectivity index (χ0v) is 12.5. The minimum absolute atomic E-state index is 0.0707. The van der Waals surface area contributed by atoms with E-state index in [9.17, 15) is 18.0 Å². The molecule has 118 valence electrons. The van der Waals surface area contributed by atoms with E-state index in [1.807, 2.05) is 19.9 Å². The molecule has 0 spiro atoms. The van der Waals surface area contributed by atoms with Crippen molar-refractivity contribution in [3.63, 3.8) is 0 Å². The van der Waals surface area contributed by atoms with E-state index < -0.39 is 12.6 Å². The fourth-order valence-electron chi connectivity index (χ4n) is 2.00. The molecule has 1 atom stereocenters. The average molecular weight is 302 g/mol. The van der Waals surface area contributed by atoms with Gasteiger partial charge in [0, 0.05) is 30.8 Å². The van der Waals surface area contributed by atoms with Crippen LogP contribution in [0.1, 0.15) is 38.7 Å². The molecule has 1 unspecified atom stereocenters. The topological polar surface area (TPSA) is 41.1 Å². The first-order valence-electron chi connectivity index (χ1n) is 6.89. The second-order valence-corrected chi connectivity index (χ2v) is 5.26. The second kappa shape index (κ2) is 7.33. The molecule has 0 fully saturated rings. The summed E-state index contributed by atoms with van der Waals surface area (Å²) in [6, 6.07) is 5.36. The Balaban J connectivity index is 2.58. The number of amides is 1. The number of alkyl halides is 3. The predicted molar refractivity (Wildman–Crippen MR) is 78.5 cm³/mol. The van der Waals surface area contributed by atoms with Gasteiger partial charge >= 0.3 is 6.18 Å². The molecule has 1 amide bonds. The van der Waals surface area contributed by atoms with E-state index in [1.54, 1.807) is 12.1 Å². The van der Waals surface area contributed by atoms with Crippen LogP contribution in [0.3, 0.4) is 0 Å². The summed E-state index contributed by atoms with van der Waals surface area (Å²) in [5.74, 6) is -0.164. The largest absolute Gasteiger partial charge is 0.389 e. The third-order valence-corrected chi connectivity index (χ3v) is 3.06. The summed E-state index contributed by atoms with van der Waals surface area (Å²) in [4.78, 5) is 11.0. The lowest BCUT2D eigenvalue weighted by Gasteiger charge is -2.18. The van der Waals surface area contributed by atoms with Crippen LogP contribution < -0.4 is 10.6 Å². The van der Waals surface area contributed by atoms with Gasteiger partial charge in [-0.15, -0.1) is 0 Å². The monoisotopic (exact) mass is 302 g/mol. The summed E-state index contributed by atoms with van der Waals surface area (Å²) < 4.78 is 36.3. The van der Waals surface area contributed by atoms with Crippen LogP contribution in [0.4, 0.5) is 24.5 Å². The zero-order chi connectivity index (χ0) is 16.0. The van der Waals surface area contributed by atoms with Gasteiger partial charge in [-0.2, -0.15) is 13.2 Å². The molecule has 6 heteroatoms. The van der Waals surface area contributed by atoms with Crippen molar-refractivity contribution in [1.82, 2.24) is 0 Å². The Kier molecular flexibility index (Phi) is 6.05. The molecule has 1 rings (SSSR count). The molecule has 1 aromatic carbocycles. The normalized spacial score (nSPS) is 12.9. The van der Waals surface area contributed by atoms with Gasteiger partial charge in [0.05, 0.1) is 0 Å².